The first-order valence-corrected chi connectivity index (χ1v) is 6.86. The lowest BCUT2D eigenvalue weighted by Crippen LogP contribution is -2.30. The molecule has 0 saturated carbocycles. The fraction of sp³-hybridized carbons (Fsp3) is 0.294. The molecule has 0 spiro atoms. The molecule has 0 amide bonds. The van der Waals surface area contributed by atoms with E-state index in [0.717, 1.165) is 18.1 Å². The molecular weight excluding hydrogens is 256 g/mol. The Morgan fingerprint density at radius 3 is 2.30 bits per heavy atom. The molecule has 106 valence electrons. The van der Waals surface area contributed by atoms with Crippen LogP contribution in [0.25, 0.3) is 0 Å². The predicted molar refractivity (Wildman–Crippen MR) is 77.5 cm³/mol. The van der Waals surface area contributed by atoms with Crippen LogP contribution in [0.3, 0.4) is 0 Å². The van der Waals surface area contributed by atoms with Crippen LogP contribution in [-0.2, 0) is 6.42 Å². The summed E-state index contributed by atoms with van der Waals surface area (Å²) in [5.41, 5.74) is 8.18. The summed E-state index contributed by atoms with van der Waals surface area (Å²) in [6.45, 7) is 2.09. The van der Waals surface area contributed by atoms with Crippen LogP contribution in [0.5, 0.6) is 0 Å². The van der Waals surface area contributed by atoms with Crippen molar-refractivity contribution in [3.63, 3.8) is 0 Å². The molecule has 0 aliphatic heterocycles. The summed E-state index contributed by atoms with van der Waals surface area (Å²) in [6, 6.07) is 13.9. The minimum absolute atomic E-state index is 0.118. The van der Waals surface area contributed by atoms with Gasteiger partial charge in [0.15, 0.2) is 11.6 Å². The van der Waals surface area contributed by atoms with E-state index in [-0.39, 0.29) is 12.0 Å². The van der Waals surface area contributed by atoms with E-state index in [4.69, 9.17) is 5.73 Å². The molecule has 20 heavy (non-hydrogen) atoms. The Balaban J connectivity index is 2.13. The molecule has 0 heterocycles. The van der Waals surface area contributed by atoms with Crippen LogP contribution in [0.2, 0.25) is 0 Å². The number of benzene rings is 2. The third-order valence-electron chi connectivity index (χ3n) is 3.64. The molecule has 2 rings (SSSR count). The van der Waals surface area contributed by atoms with E-state index in [1.807, 2.05) is 18.2 Å². The van der Waals surface area contributed by atoms with E-state index in [2.05, 4.69) is 19.1 Å². The van der Waals surface area contributed by atoms with Crippen LogP contribution < -0.4 is 5.73 Å². The molecule has 2 atom stereocenters. The van der Waals surface area contributed by atoms with E-state index in [1.165, 1.54) is 11.6 Å². The zero-order valence-electron chi connectivity index (χ0n) is 11.5. The maximum atomic E-state index is 13.2. The van der Waals surface area contributed by atoms with Gasteiger partial charge in [-0.25, -0.2) is 8.78 Å². The molecule has 3 heteroatoms. The Hall–Kier alpha value is -1.74. The zero-order chi connectivity index (χ0) is 14.5. The van der Waals surface area contributed by atoms with Crippen LogP contribution >= 0.6 is 0 Å². The number of nitrogens with two attached hydrogens (primary N) is 1. The average Bonchev–Trinajstić information content (AvgIpc) is 2.45. The average molecular weight is 275 g/mol. The first-order valence-electron chi connectivity index (χ1n) is 6.86. The monoisotopic (exact) mass is 275 g/mol. The SMILES string of the molecule is CCC(c1ccccc1)C(N)Cc1ccc(F)c(F)c1. The van der Waals surface area contributed by atoms with Crippen molar-refractivity contribution in [2.24, 2.45) is 5.73 Å². The van der Waals surface area contributed by atoms with Crippen molar-refractivity contribution in [1.82, 2.24) is 0 Å². The lowest BCUT2D eigenvalue weighted by molar-refractivity contribution is 0.496. The molecule has 0 aromatic heterocycles. The van der Waals surface area contributed by atoms with E-state index in [9.17, 15) is 8.78 Å². The van der Waals surface area contributed by atoms with Gasteiger partial charge >= 0.3 is 0 Å². The molecule has 0 aliphatic carbocycles. The number of halogens is 2. The van der Waals surface area contributed by atoms with Gasteiger partial charge in [0.05, 0.1) is 0 Å². The summed E-state index contributed by atoms with van der Waals surface area (Å²) < 4.78 is 26.1. The Morgan fingerprint density at radius 1 is 1.00 bits per heavy atom. The van der Waals surface area contributed by atoms with Gasteiger partial charge in [0, 0.05) is 6.04 Å². The molecule has 2 aromatic carbocycles. The van der Waals surface area contributed by atoms with Crippen LogP contribution in [-0.4, -0.2) is 6.04 Å². The Labute approximate surface area is 118 Å². The minimum Gasteiger partial charge on any atom is -0.327 e. The smallest absolute Gasteiger partial charge is 0.159 e. The first-order chi connectivity index (χ1) is 9.61. The number of hydrogen-bond acceptors (Lipinski definition) is 1. The van der Waals surface area contributed by atoms with E-state index in [1.54, 1.807) is 6.07 Å². The van der Waals surface area contributed by atoms with E-state index in [0.29, 0.717) is 6.42 Å². The Bertz CT molecular complexity index is 554. The third kappa shape index (κ3) is 3.42. The van der Waals surface area contributed by atoms with Gasteiger partial charge in [0.2, 0.25) is 0 Å². The molecule has 0 radical (unpaired) electrons. The maximum Gasteiger partial charge on any atom is 0.159 e. The van der Waals surface area contributed by atoms with Gasteiger partial charge in [-0.3, -0.25) is 0 Å². The topological polar surface area (TPSA) is 26.0 Å². The molecule has 2 N–H and O–H groups in total. The van der Waals surface area contributed by atoms with Gasteiger partial charge in [-0.05, 0) is 42.0 Å². The third-order valence-corrected chi connectivity index (χ3v) is 3.64. The fourth-order valence-electron chi connectivity index (χ4n) is 2.57. The van der Waals surface area contributed by atoms with Crippen LogP contribution in [0.1, 0.15) is 30.4 Å². The molecular formula is C17H19F2N. The fourth-order valence-corrected chi connectivity index (χ4v) is 2.57. The van der Waals surface area contributed by atoms with Crippen LogP contribution in [0.15, 0.2) is 48.5 Å². The highest BCUT2D eigenvalue weighted by molar-refractivity contribution is 5.24. The summed E-state index contributed by atoms with van der Waals surface area (Å²) in [6.07, 6.45) is 1.44. The van der Waals surface area contributed by atoms with Gasteiger partial charge in [0.25, 0.3) is 0 Å². The van der Waals surface area contributed by atoms with Crippen LogP contribution in [0.4, 0.5) is 8.78 Å². The molecule has 0 aliphatic rings. The van der Waals surface area contributed by atoms with Gasteiger partial charge in [-0.15, -0.1) is 0 Å². The molecule has 0 saturated heterocycles. The first kappa shape index (κ1) is 14.7. The normalized spacial score (nSPS) is 14.0. The number of hydrogen-bond donors (Lipinski definition) is 1. The Kier molecular flexibility index (Phi) is 4.85. The second-order valence-electron chi connectivity index (χ2n) is 5.04. The molecule has 2 aromatic rings. The predicted octanol–water partition coefficient (Wildman–Crippen LogP) is 4.03. The van der Waals surface area contributed by atoms with E-state index < -0.39 is 11.6 Å². The minimum atomic E-state index is -0.822. The lowest BCUT2D eigenvalue weighted by Gasteiger charge is -2.23. The summed E-state index contributed by atoms with van der Waals surface area (Å²) in [7, 11) is 0. The maximum absolute atomic E-state index is 13.2. The number of rotatable bonds is 5. The highest BCUT2D eigenvalue weighted by Crippen LogP contribution is 2.24. The molecule has 1 nitrogen and oxygen atoms in total. The van der Waals surface area contributed by atoms with Crippen molar-refractivity contribution in [2.75, 3.05) is 0 Å². The highest BCUT2D eigenvalue weighted by atomic mass is 19.2. The molecule has 0 fully saturated rings. The highest BCUT2D eigenvalue weighted by Gasteiger charge is 2.18. The molecule has 0 bridgehead atoms. The van der Waals surface area contributed by atoms with Crippen molar-refractivity contribution in [3.8, 4) is 0 Å². The lowest BCUT2D eigenvalue weighted by atomic mass is 9.86. The standard InChI is InChI=1S/C17H19F2N/c1-2-14(13-6-4-3-5-7-13)17(20)11-12-8-9-15(18)16(19)10-12/h3-10,14,17H,2,11,20H2,1H3. The zero-order valence-corrected chi connectivity index (χ0v) is 11.5. The largest absolute Gasteiger partial charge is 0.327 e. The molecule has 2 unspecified atom stereocenters. The quantitative estimate of drug-likeness (QED) is 0.876. The van der Waals surface area contributed by atoms with Gasteiger partial charge in [0.1, 0.15) is 0 Å². The van der Waals surface area contributed by atoms with Gasteiger partial charge in [-0.2, -0.15) is 0 Å². The summed E-state index contributed by atoms with van der Waals surface area (Å²) >= 11 is 0. The van der Waals surface area contributed by atoms with Gasteiger partial charge < -0.3 is 5.73 Å². The van der Waals surface area contributed by atoms with Crippen molar-refractivity contribution in [2.45, 2.75) is 31.7 Å². The van der Waals surface area contributed by atoms with Gasteiger partial charge in [-0.1, -0.05) is 43.3 Å². The summed E-state index contributed by atoms with van der Waals surface area (Å²) in [5, 5.41) is 0. The van der Waals surface area contributed by atoms with Crippen LogP contribution in [0, 0.1) is 11.6 Å². The van der Waals surface area contributed by atoms with Crippen molar-refractivity contribution >= 4 is 0 Å². The summed E-state index contributed by atoms with van der Waals surface area (Å²) in [5.74, 6) is -1.43. The summed E-state index contributed by atoms with van der Waals surface area (Å²) in [4.78, 5) is 0. The van der Waals surface area contributed by atoms with Crippen molar-refractivity contribution in [1.29, 1.82) is 0 Å². The van der Waals surface area contributed by atoms with E-state index >= 15 is 0 Å². The second kappa shape index (κ2) is 6.62. The van der Waals surface area contributed by atoms with Crippen molar-refractivity contribution in [3.05, 3.63) is 71.3 Å². The Morgan fingerprint density at radius 2 is 1.70 bits per heavy atom. The second-order valence-corrected chi connectivity index (χ2v) is 5.04. The van der Waals surface area contributed by atoms with Crippen molar-refractivity contribution < 1.29 is 8.78 Å².